The van der Waals surface area contributed by atoms with Crippen LogP contribution in [0.5, 0.6) is 5.75 Å². The molecule has 2 saturated carbocycles. The van der Waals surface area contributed by atoms with Crippen molar-refractivity contribution in [3.63, 3.8) is 0 Å². The van der Waals surface area contributed by atoms with Crippen LogP contribution in [0.25, 0.3) is 0 Å². The molecule has 0 amide bonds. The van der Waals surface area contributed by atoms with Crippen LogP contribution in [-0.2, 0) is 11.2 Å². The van der Waals surface area contributed by atoms with Gasteiger partial charge >= 0.3 is 0 Å². The lowest BCUT2D eigenvalue weighted by molar-refractivity contribution is 0.0722. The van der Waals surface area contributed by atoms with Crippen LogP contribution in [0.4, 0.5) is 0 Å². The summed E-state index contributed by atoms with van der Waals surface area (Å²) in [4.78, 5) is 0. The van der Waals surface area contributed by atoms with Gasteiger partial charge in [0.2, 0.25) is 0 Å². The highest BCUT2D eigenvalue weighted by atomic mass is 35.5. The normalized spacial score (nSPS) is 18.5. The number of benzene rings is 1. The minimum absolute atomic E-state index is 0. The van der Waals surface area contributed by atoms with E-state index in [9.17, 15) is 5.11 Å². The molecule has 2 aliphatic rings. The van der Waals surface area contributed by atoms with E-state index in [0.29, 0.717) is 19.2 Å². The zero-order valence-electron chi connectivity index (χ0n) is 14.3. The molecule has 0 saturated heterocycles. The quantitative estimate of drug-likeness (QED) is 0.599. The summed E-state index contributed by atoms with van der Waals surface area (Å²) in [6.45, 7) is 2.67. The van der Waals surface area contributed by atoms with E-state index in [-0.39, 0.29) is 12.4 Å². The SMILES string of the molecule is Cl.OC(CNC1CC1)COc1ccc(CCOCC2CCC2)cc1. The van der Waals surface area contributed by atoms with Gasteiger partial charge in [0.1, 0.15) is 18.5 Å². The molecule has 1 aromatic rings. The van der Waals surface area contributed by atoms with Crippen molar-refractivity contribution in [1.29, 1.82) is 0 Å². The van der Waals surface area contributed by atoms with Gasteiger partial charge in [-0.05, 0) is 55.7 Å². The summed E-state index contributed by atoms with van der Waals surface area (Å²) >= 11 is 0. The number of ether oxygens (including phenoxy) is 2. The van der Waals surface area contributed by atoms with Crippen LogP contribution in [0.2, 0.25) is 0 Å². The van der Waals surface area contributed by atoms with Crippen molar-refractivity contribution in [2.45, 2.75) is 50.7 Å². The van der Waals surface area contributed by atoms with Crippen molar-refractivity contribution in [2.75, 3.05) is 26.4 Å². The van der Waals surface area contributed by atoms with E-state index < -0.39 is 6.10 Å². The Morgan fingerprint density at radius 1 is 1.12 bits per heavy atom. The standard InChI is InChI=1S/C19H29NO3.ClH/c21-18(12-20-17-6-7-17)14-23-19-8-4-15(5-9-19)10-11-22-13-16-2-1-3-16;/h4-5,8-9,16-18,20-21H,1-3,6-7,10-14H2;1H. The summed E-state index contributed by atoms with van der Waals surface area (Å²) in [5, 5.41) is 13.2. The van der Waals surface area contributed by atoms with Crippen molar-refractivity contribution in [3.05, 3.63) is 29.8 Å². The van der Waals surface area contributed by atoms with Gasteiger partial charge in [-0.2, -0.15) is 0 Å². The van der Waals surface area contributed by atoms with Crippen molar-refractivity contribution >= 4 is 12.4 Å². The number of hydrogen-bond acceptors (Lipinski definition) is 4. The van der Waals surface area contributed by atoms with E-state index in [4.69, 9.17) is 9.47 Å². The summed E-state index contributed by atoms with van der Waals surface area (Å²) in [5.41, 5.74) is 1.27. The Labute approximate surface area is 151 Å². The zero-order chi connectivity index (χ0) is 15.9. The van der Waals surface area contributed by atoms with Gasteiger partial charge in [-0.1, -0.05) is 18.6 Å². The molecule has 0 bridgehead atoms. The summed E-state index contributed by atoms with van der Waals surface area (Å²) in [7, 11) is 0. The van der Waals surface area contributed by atoms with E-state index >= 15 is 0 Å². The van der Waals surface area contributed by atoms with E-state index in [1.807, 2.05) is 12.1 Å². The minimum atomic E-state index is -0.449. The second-order valence-corrected chi connectivity index (χ2v) is 6.91. The van der Waals surface area contributed by atoms with Gasteiger partial charge in [-0.25, -0.2) is 0 Å². The second kappa shape index (κ2) is 10.2. The predicted molar refractivity (Wildman–Crippen MR) is 98.1 cm³/mol. The van der Waals surface area contributed by atoms with Gasteiger partial charge < -0.3 is 19.9 Å². The molecule has 0 aliphatic heterocycles. The average Bonchev–Trinajstić information content (AvgIpc) is 3.34. The molecule has 3 rings (SSSR count). The number of nitrogens with one attached hydrogen (secondary N) is 1. The van der Waals surface area contributed by atoms with Crippen molar-refractivity contribution < 1.29 is 14.6 Å². The van der Waals surface area contributed by atoms with Gasteiger partial charge in [0.25, 0.3) is 0 Å². The Bertz CT molecular complexity index is 460. The fraction of sp³-hybridized carbons (Fsp3) is 0.684. The Hall–Kier alpha value is -0.810. The molecule has 2 fully saturated rings. The van der Waals surface area contributed by atoms with Crippen LogP contribution in [0.1, 0.15) is 37.7 Å². The fourth-order valence-electron chi connectivity index (χ4n) is 2.69. The number of aliphatic hydroxyl groups excluding tert-OH is 1. The van der Waals surface area contributed by atoms with E-state index in [1.54, 1.807) is 0 Å². The van der Waals surface area contributed by atoms with Crippen LogP contribution < -0.4 is 10.1 Å². The van der Waals surface area contributed by atoms with Gasteiger partial charge in [0.05, 0.1) is 6.61 Å². The van der Waals surface area contributed by atoms with Gasteiger partial charge in [-0.15, -0.1) is 12.4 Å². The zero-order valence-corrected chi connectivity index (χ0v) is 15.1. The molecule has 0 heterocycles. The van der Waals surface area contributed by atoms with Gasteiger partial charge in [0, 0.05) is 19.2 Å². The Kier molecular flexibility index (Phi) is 8.33. The molecular formula is C19H30ClNO3. The maximum absolute atomic E-state index is 9.85. The lowest BCUT2D eigenvalue weighted by Crippen LogP contribution is -2.32. The number of halogens is 1. The van der Waals surface area contributed by atoms with Crippen LogP contribution in [0, 0.1) is 5.92 Å². The Morgan fingerprint density at radius 3 is 2.50 bits per heavy atom. The van der Waals surface area contributed by atoms with Crippen LogP contribution in [-0.4, -0.2) is 43.6 Å². The fourth-order valence-corrected chi connectivity index (χ4v) is 2.69. The van der Waals surface area contributed by atoms with Crippen LogP contribution in [0.15, 0.2) is 24.3 Å². The molecule has 0 radical (unpaired) electrons. The highest BCUT2D eigenvalue weighted by molar-refractivity contribution is 5.85. The number of aliphatic hydroxyl groups is 1. The Balaban J connectivity index is 0.00000208. The molecule has 136 valence electrons. The molecule has 0 aromatic heterocycles. The summed E-state index contributed by atoms with van der Waals surface area (Å²) in [6, 6.07) is 8.73. The third-order valence-corrected chi connectivity index (χ3v) is 4.70. The smallest absolute Gasteiger partial charge is 0.119 e. The first kappa shape index (κ1) is 19.5. The topological polar surface area (TPSA) is 50.7 Å². The first-order chi connectivity index (χ1) is 11.3. The first-order valence-electron chi connectivity index (χ1n) is 9.00. The summed E-state index contributed by atoms with van der Waals surface area (Å²) in [5.74, 6) is 1.63. The molecule has 1 atom stereocenters. The highest BCUT2D eigenvalue weighted by Gasteiger charge is 2.21. The molecule has 24 heavy (non-hydrogen) atoms. The average molecular weight is 356 g/mol. The molecule has 4 nitrogen and oxygen atoms in total. The maximum Gasteiger partial charge on any atom is 0.119 e. The highest BCUT2D eigenvalue weighted by Crippen LogP contribution is 2.26. The van der Waals surface area contributed by atoms with Crippen molar-refractivity contribution in [1.82, 2.24) is 5.32 Å². The van der Waals surface area contributed by atoms with E-state index in [2.05, 4.69) is 17.4 Å². The van der Waals surface area contributed by atoms with Gasteiger partial charge in [-0.3, -0.25) is 0 Å². The molecule has 1 unspecified atom stereocenters. The van der Waals surface area contributed by atoms with E-state index in [0.717, 1.165) is 31.3 Å². The largest absolute Gasteiger partial charge is 0.491 e. The predicted octanol–water partition coefficient (Wildman–Crippen LogP) is 2.96. The second-order valence-electron chi connectivity index (χ2n) is 6.91. The van der Waals surface area contributed by atoms with Crippen LogP contribution in [0.3, 0.4) is 0 Å². The monoisotopic (exact) mass is 355 g/mol. The molecule has 0 spiro atoms. The minimum Gasteiger partial charge on any atom is -0.491 e. The summed E-state index contributed by atoms with van der Waals surface area (Å²) in [6.07, 6.45) is 7.03. The van der Waals surface area contributed by atoms with E-state index in [1.165, 1.54) is 37.7 Å². The first-order valence-corrected chi connectivity index (χ1v) is 9.00. The van der Waals surface area contributed by atoms with Crippen molar-refractivity contribution in [3.8, 4) is 5.75 Å². The molecule has 5 heteroatoms. The molecule has 1 aromatic carbocycles. The number of rotatable bonds is 11. The molecular weight excluding hydrogens is 326 g/mol. The number of hydrogen-bond donors (Lipinski definition) is 2. The van der Waals surface area contributed by atoms with Crippen molar-refractivity contribution in [2.24, 2.45) is 5.92 Å². The summed E-state index contributed by atoms with van der Waals surface area (Å²) < 4.78 is 11.4. The third kappa shape index (κ3) is 6.98. The lowest BCUT2D eigenvalue weighted by atomic mass is 9.86. The molecule has 2 aliphatic carbocycles. The van der Waals surface area contributed by atoms with Crippen LogP contribution >= 0.6 is 12.4 Å². The Morgan fingerprint density at radius 2 is 1.88 bits per heavy atom. The molecule has 2 N–H and O–H groups in total. The maximum atomic E-state index is 9.85. The third-order valence-electron chi connectivity index (χ3n) is 4.70. The lowest BCUT2D eigenvalue weighted by Gasteiger charge is -2.24. The van der Waals surface area contributed by atoms with Gasteiger partial charge in [0.15, 0.2) is 0 Å².